The van der Waals surface area contributed by atoms with Crippen molar-refractivity contribution in [3.05, 3.63) is 27.1 Å². The first-order valence-corrected chi connectivity index (χ1v) is 5.91. The molecule has 0 amide bonds. The molecule has 1 aliphatic rings. The fraction of sp³-hybridized carbons (Fsp3) is 0.455. The predicted octanol–water partition coefficient (Wildman–Crippen LogP) is -1.34. The highest BCUT2D eigenvalue weighted by Crippen LogP contribution is 2.37. The van der Waals surface area contributed by atoms with Crippen LogP contribution in [0.15, 0.2) is 11.0 Å². The maximum absolute atomic E-state index is 13.3. The minimum Gasteiger partial charge on any atom is -0.394 e. The van der Waals surface area contributed by atoms with Crippen molar-refractivity contribution < 1.29 is 24.4 Å². The summed E-state index contributed by atoms with van der Waals surface area (Å²) < 4.78 is 19.2. The van der Waals surface area contributed by atoms with Crippen LogP contribution in [0.2, 0.25) is 0 Å². The first-order chi connectivity index (χ1) is 9.35. The Morgan fingerprint density at radius 1 is 1.70 bits per heavy atom. The molecule has 9 heteroatoms. The quantitative estimate of drug-likeness (QED) is 0.398. The fourth-order valence-electron chi connectivity index (χ4n) is 1.99. The minimum atomic E-state index is -2.23. The fourth-order valence-corrected chi connectivity index (χ4v) is 2.23. The summed E-state index contributed by atoms with van der Waals surface area (Å²) in [4.78, 5) is 13.1. The summed E-state index contributed by atoms with van der Waals surface area (Å²) in [6.07, 6.45) is 1.68. The van der Waals surface area contributed by atoms with E-state index in [-0.39, 0.29) is 4.77 Å². The second-order valence-electron chi connectivity index (χ2n) is 4.27. The molecule has 7 nitrogen and oxygen atoms in total. The van der Waals surface area contributed by atoms with Gasteiger partial charge in [0.1, 0.15) is 12.2 Å². The Bertz CT molecular complexity index is 681. The van der Waals surface area contributed by atoms with Crippen molar-refractivity contribution in [1.29, 1.82) is 0 Å². The van der Waals surface area contributed by atoms with E-state index in [4.69, 9.17) is 28.5 Å². The molecule has 1 unspecified atom stereocenters. The van der Waals surface area contributed by atoms with E-state index in [1.54, 1.807) is 0 Å². The third-order valence-corrected chi connectivity index (χ3v) is 3.38. The Morgan fingerprint density at radius 2 is 2.35 bits per heavy atom. The van der Waals surface area contributed by atoms with Crippen LogP contribution in [0.5, 0.6) is 0 Å². The molecule has 1 aliphatic heterocycles. The zero-order chi connectivity index (χ0) is 15.1. The van der Waals surface area contributed by atoms with E-state index in [9.17, 15) is 19.4 Å². The highest BCUT2D eigenvalue weighted by atomic mass is 32.1. The molecule has 0 radical (unpaired) electrons. The lowest BCUT2D eigenvalue weighted by molar-refractivity contribution is -0.0759. The second kappa shape index (κ2) is 5.08. The molecule has 1 aromatic heterocycles. The Balaban J connectivity index is 2.58. The molecule has 1 fully saturated rings. The van der Waals surface area contributed by atoms with Gasteiger partial charge in [-0.1, -0.05) is 5.92 Å². The minimum absolute atomic E-state index is 0.249. The Kier molecular flexibility index (Phi) is 3.77. The van der Waals surface area contributed by atoms with Crippen molar-refractivity contribution in [3.63, 3.8) is 0 Å². The van der Waals surface area contributed by atoms with Gasteiger partial charge in [0.15, 0.2) is 16.6 Å². The van der Waals surface area contributed by atoms with Crippen LogP contribution < -0.4 is 5.56 Å². The number of ether oxygens (including phenoxy) is 1. The molecular formula is C11H11FN2O5S. The second-order valence-corrected chi connectivity index (χ2v) is 4.65. The lowest BCUT2D eigenvalue weighted by Gasteiger charge is -2.26. The molecular weight excluding hydrogens is 291 g/mol. The van der Waals surface area contributed by atoms with Crippen molar-refractivity contribution in [2.45, 2.75) is 24.0 Å². The first kappa shape index (κ1) is 14.8. The topological polar surface area (TPSA) is 108 Å². The summed E-state index contributed by atoms with van der Waals surface area (Å²) in [5.41, 5.74) is -3.26. The van der Waals surface area contributed by atoms with Gasteiger partial charge in [0, 0.05) is 0 Å². The average Bonchev–Trinajstić information content (AvgIpc) is 2.67. The van der Waals surface area contributed by atoms with Gasteiger partial charge in [-0.3, -0.25) is 14.3 Å². The van der Waals surface area contributed by atoms with E-state index in [1.165, 1.54) is 0 Å². The number of H-pyrrole nitrogens is 1. The van der Waals surface area contributed by atoms with E-state index in [0.717, 1.165) is 4.57 Å². The Morgan fingerprint density at radius 3 is 2.90 bits per heavy atom. The number of nitrogens with zero attached hydrogens (tertiary/aromatic N) is 1. The number of aliphatic hydroxyl groups excluding tert-OH is 2. The van der Waals surface area contributed by atoms with Gasteiger partial charge >= 0.3 is 0 Å². The summed E-state index contributed by atoms with van der Waals surface area (Å²) in [6, 6.07) is 0. The van der Waals surface area contributed by atoms with Crippen LogP contribution in [-0.2, 0) is 4.74 Å². The summed E-state index contributed by atoms with van der Waals surface area (Å²) in [5.74, 6) is 0.789. The van der Waals surface area contributed by atoms with Crippen molar-refractivity contribution in [2.24, 2.45) is 0 Å². The zero-order valence-electron chi connectivity index (χ0n) is 9.99. The molecule has 4 N–H and O–H groups in total. The molecule has 0 aromatic carbocycles. The van der Waals surface area contributed by atoms with Gasteiger partial charge in [0.25, 0.3) is 5.56 Å². The van der Waals surface area contributed by atoms with Gasteiger partial charge in [0.2, 0.25) is 5.82 Å². The van der Waals surface area contributed by atoms with E-state index >= 15 is 0 Å². The number of terminal acetylenes is 1. The lowest BCUT2D eigenvalue weighted by Crippen LogP contribution is -2.46. The number of aromatic nitrogens is 2. The van der Waals surface area contributed by atoms with E-state index < -0.39 is 42.0 Å². The Hall–Kier alpha value is -1.57. The van der Waals surface area contributed by atoms with E-state index in [1.807, 2.05) is 10.9 Å². The van der Waals surface area contributed by atoms with Gasteiger partial charge < -0.3 is 20.1 Å². The van der Waals surface area contributed by atoms with Crippen LogP contribution >= 0.6 is 12.2 Å². The van der Waals surface area contributed by atoms with Gasteiger partial charge in [-0.15, -0.1) is 6.42 Å². The van der Waals surface area contributed by atoms with Crippen molar-refractivity contribution in [3.8, 4) is 12.3 Å². The Labute approximate surface area is 117 Å². The lowest BCUT2D eigenvalue weighted by atomic mass is 9.95. The largest absolute Gasteiger partial charge is 0.394 e. The molecule has 2 heterocycles. The third-order valence-electron chi connectivity index (χ3n) is 3.07. The molecule has 2 rings (SSSR count). The number of nitrogens with one attached hydrogen (secondary N) is 1. The maximum Gasteiger partial charge on any atom is 0.287 e. The first-order valence-electron chi connectivity index (χ1n) is 5.50. The molecule has 1 aromatic rings. The van der Waals surface area contributed by atoms with Crippen LogP contribution in [-0.4, -0.2) is 49.3 Å². The van der Waals surface area contributed by atoms with E-state index in [0.29, 0.717) is 6.20 Å². The predicted molar refractivity (Wildman–Crippen MR) is 66.6 cm³/mol. The molecule has 0 bridgehead atoms. The maximum atomic E-state index is 13.3. The average molecular weight is 302 g/mol. The molecule has 0 aliphatic carbocycles. The number of hydrogen-bond donors (Lipinski definition) is 4. The number of rotatable bonds is 2. The van der Waals surface area contributed by atoms with Gasteiger partial charge in [-0.25, -0.2) is 0 Å². The molecule has 20 heavy (non-hydrogen) atoms. The van der Waals surface area contributed by atoms with Crippen LogP contribution in [0, 0.1) is 22.9 Å². The highest BCUT2D eigenvalue weighted by molar-refractivity contribution is 7.71. The molecule has 0 saturated carbocycles. The highest BCUT2D eigenvalue weighted by Gasteiger charge is 2.55. The molecule has 1 saturated heterocycles. The molecule has 4 atom stereocenters. The third kappa shape index (κ3) is 2.07. The van der Waals surface area contributed by atoms with Crippen LogP contribution in [0.3, 0.4) is 0 Å². The smallest absolute Gasteiger partial charge is 0.287 e. The van der Waals surface area contributed by atoms with Gasteiger partial charge in [-0.2, -0.15) is 4.39 Å². The van der Waals surface area contributed by atoms with Crippen LogP contribution in [0.1, 0.15) is 6.23 Å². The summed E-state index contributed by atoms with van der Waals surface area (Å²) >= 11 is 4.84. The number of hydrogen-bond acceptors (Lipinski definition) is 6. The molecule has 0 spiro atoms. The van der Waals surface area contributed by atoms with Gasteiger partial charge in [0.05, 0.1) is 12.8 Å². The van der Waals surface area contributed by atoms with Gasteiger partial charge in [-0.05, 0) is 12.2 Å². The van der Waals surface area contributed by atoms with Crippen molar-refractivity contribution in [2.75, 3.05) is 6.61 Å². The van der Waals surface area contributed by atoms with Crippen LogP contribution in [0.25, 0.3) is 0 Å². The zero-order valence-corrected chi connectivity index (χ0v) is 10.8. The number of aliphatic hydroxyl groups is 3. The summed E-state index contributed by atoms with van der Waals surface area (Å²) in [6.45, 7) is -0.610. The normalized spacial score (nSPS) is 33.0. The summed E-state index contributed by atoms with van der Waals surface area (Å²) in [7, 11) is 0. The van der Waals surface area contributed by atoms with Crippen molar-refractivity contribution >= 4 is 12.2 Å². The standard InChI is InChI=1S/C11H11FN2O5S/c1-2-11(18)7(16)6(4-15)19-9(11)14-3-5(12)8(17)13-10(14)20/h1,3,6-7,9,15-16,18H,4H2,(H,13,17,20)/t6-,7+,9-,11?/m1/s1. The summed E-state index contributed by atoms with van der Waals surface area (Å²) in [5, 5.41) is 29.2. The monoisotopic (exact) mass is 302 g/mol. The van der Waals surface area contributed by atoms with Crippen molar-refractivity contribution in [1.82, 2.24) is 9.55 Å². The number of halogens is 1. The van der Waals surface area contributed by atoms with Crippen LogP contribution in [0.4, 0.5) is 4.39 Å². The molecule has 108 valence electrons. The SMILES string of the molecule is C#CC1(O)[C@@H](O)[C@@H](CO)O[C@H]1n1cc(F)c(=O)[nH]c1=S. The van der Waals surface area contributed by atoms with E-state index in [2.05, 4.69) is 0 Å². The number of aromatic amines is 1.